The Morgan fingerprint density at radius 3 is 2.50 bits per heavy atom. The van der Waals surface area contributed by atoms with Gasteiger partial charge in [0, 0.05) is 6.42 Å². The van der Waals surface area contributed by atoms with Crippen LogP contribution in [0.5, 0.6) is 0 Å². The van der Waals surface area contributed by atoms with Gasteiger partial charge in [-0.05, 0) is 56.9 Å². The first kappa shape index (κ1) is 13.8. The van der Waals surface area contributed by atoms with E-state index in [9.17, 15) is 15.0 Å². The van der Waals surface area contributed by atoms with Crippen molar-refractivity contribution in [1.82, 2.24) is 0 Å². The molecule has 0 aromatic heterocycles. The molecule has 2 N–H and O–H groups in total. The number of aliphatic hydroxyl groups is 2. The van der Waals surface area contributed by atoms with Crippen LogP contribution in [0, 0.1) is 11.3 Å². The number of hydrogen-bond acceptors (Lipinski definition) is 3. The van der Waals surface area contributed by atoms with Crippen molar-refractivity contribution in [1.29, 1.82) is 0 Å². The molecule has 3 heteroatoms. The van der Waals surface area contributed by atoms with Crippen LogP contribution in [0.1, 0.15) is 53.4 Å². The van der Waals surface area contributed by atoms with Gasteiger partial charge in [0.05, 0.1) is 11.7 Å². The molecule has 0 unspecified atom stereocenters. The van der Waals surface area contributed by atoms with Gasteiger partial charge >= 0.3 is 0 Å². The first-order valence-electron chi connectivity index (χ1n) is 6.78. The third kappa shape index (κ3) is 1.94. The van der Waals surface area contributed by atoms with E-state index in [0.717, 1.165) is 17.6 Å². The second-order valence-corrected chi connectivity index (χ2v) is 6.77. The zero-order valence-electron chi connectivity index (χ0n) is 11.8. The van der Waals surface area contributed by atoms with E-state index in [2.05, 4.69) is 6.92 Å². The van der Waals surface area contributed by atoms with E-state index in [-0.39, 0.29) is 17.1 Å². The Balaban J connectivity index is 2.41. The number of allylic oxidation sites excluding steroid dienone is 2. The molecule has 0 heterocycles. The number of Topliss-reactive ketones (excluding diaryl/α,β-unsaturated/α-hetero) is 1. The molecule has 2 aliphatic carbocycles. The van der Waals surface area contributed by atoms with E-state index in [1.807, 2.05) is 13.8 Å². The van der Waals surface area contributed by atoms with Crippen molar-refractivity contribution in [3.63, 3.8) is 0 Å². The second-order valence-electron chi connectivity index (χ2n) is 6.77. The van der Waals surface area contributed by atoms with E-state index in [0.29, 0.717) is 19.3 Å². The normalized spacial score (nSPS) is 44.8. The van der Waals surface area contributed by atoms with Crippen molar-refractivity contribution in [2.45, 2.75) is 65.1 Å². The highest BCUT2D eigenvalue weighted by atomic mass is 16.3. The van der Waals surface area contributed by atoms with Crippen LogP contribution in [0.4, 0.5) is 0 Å². The Morgan fingerprint density at radius 1 is 1.33 bits per heavy atom. The number of fused-ring (bicyclic) bond motifs is 1. The molecule has 0 spiro atoms. The first-order chi connectivity index (χ1) is 8.18. The third-order valence-corrected chi connectivity index (χ3v) is 5.12. The maximum Gasteiger partial charge on any atom is 0.159 e. The maximum atomic E-state index is 12.2. The van der Waals surface area contributed by atoms with Crippen molar-refractivity contribution in [2.24, 2.45) is 11.3 Å². The topological polar surface area (TPSA) is 57.5 Å². The zero-order chi connectivity index (χ0) is 13.7. The number of rotatable bonds is 0. The van der Waals surface area contributed by atoms with Crippen LogP contribution in [-0.2, 0) is 4.79 Å². The Labute approximate surface area is 109 Å². The predicted octanol–water partition coefficient (Wildman–Crippen LogP) is 2.21. The number of ketones is 1. The number of carbonyl (C=O) groups excluding carboxylic acids is 1. The molecule has 0 amide bonds. The minimum atomic E-state index is -1.09. The van der Waals surface area contributed by atoms with E-state index in [4.69, 9.17) is 0 Å². The lowest BCUT2D eigenvalue weighted by atomic mass is 9.53. The van der Waals surface area contributed by atoms with Gasteiger partial charge in [0.2, 0.25) is 0 Å². The van der Waals surface area contributed by atoms with Crippen molar-refractivity contribution < 1.29 is 15.0 Å². The molecule has 0 aromatic rings. The van der Waals surface area contributed by atoms with Crippen LogP contribution >= 0.6 is 0 Å². The van der Waals surface area contributed by atoms with Gasteiger partial charge < -0.3 is 10.2 Å². The predicted molar refractivity (Wildman–Crippen MR) is 70.1 cm³/mol. The molecule has 0 radical (unpaired) electrons. The molecule has 2 rings (SSSR count). The van der Waals surface area contributed by atoms with Crippen molar-refractivity contribution in [3.05, 3.63) is 11.1 Å². The fourth-order valence-corrected chi connectivity index (χ4v) is 3.81. The van der Waals surface area contributed by atoms with E-state index in [1.165, 1.54) is 0 Å². The van der Waals surface area contributed by atoms with Crippen LogP contribution in [0.15, 0.2) is 11.1 Å². The fourth-order valence-electron chi connectivity index (χ4n) is 3.81. The quantitative estimate of drug-likeness (QED) is 0.650. The number of carbonyl (C=O) groups is 1. The molecule has 0 aromatic carbocycles. The third-order valence-electron chi connectivity index (χ3n) is 5.12. The lowest BCUT2D eigenvalue weighted by molar-refractivity contribution is -0.175. The molecule has 2 fully saturated rings. The van der Waals surface area contributed by atoms with Crippen LogP contribution in [-0.4, -0.2) is 27.7 Å². The molecular formula is C15H24O3. The molecule has 4 atom stereocenters. The molecule has 0 aliphatic heterocycles. The van der Waals surface area contributed by atoms with E-state index < -0.39 is 11.7 Å². The summed E-state index contributed by atoms with van der Waals surface area (Å²) >= 11 is 0. The van der Waals surface area contributed by atoms with Gasteiger partial charge in [0.15, 0.2) is 5.78 Å². The number of hydrogen-bond donors (Lipinski definition) is 2. The van der Waals surface area contributed by atoms with Crippen molar-refractivity contribution >= 4 is 5.78 Å². The highest BCUT2D eigenvalue weighted by molar-refractivity contribution is 5.97. The molecule has 0 bridgehead atoms. The first-order valence-corrected chi connectivity index (χ1v) is 6.78. The average molecular weight is 252 g/mol. The van der Waals surface area contributed by atoms with Crippen LogP contribution in [0.2, 0.25) is 0 Å². The molecule has 2 aliphatic rings. The van der Waals surface area contributed by atoms with Crippen molar-refractivity contribution in [3.8, 4) is 0 Å². The van der Waals surface area contributed by atoms with Crippen LogP contribution in [0.25, 0.3) is 0 Å². The second kappa shape index (κ2) is 4.17. The summed E-state index contributed by atoms with van der Waals surface area (Å²) in [4.78, 5) is 12.2. The minimum Gasteiger partial charge on any atom is -0.390 e. The van der Waals surface area contributed by atoms with E-state index in [1.54, 1.807) is 6.92 Å². The summed E-state index contributed by atoms with van der Waals surface area (Å²) < 4.78 is 0. The van der Waals surface area contributed by atoms with Gasteiger partial charge in [0.25, 0.3) is 0 Å². The summed E-state index contributed by atoms with van der Waals surface area (Å²) in [6.07, 6.45) is 1.82. The van der Waals surface area contributed by atoms with Crippen LogP contribution < -0.4 is 0 Å². The monoisotopic (exact) mass is 252 g/mol. The van der Waals surface area contributed by atoms with Crippen LogP contribution in [0.3, 0.4) is 0 Å². The Bertz CT molecular complexity index is 404. The Morgan fingerprint density at radius 2 is 1.94 bits per heavy atom. The summed E-state index contributed by atoms with van der Waals surface area (Å²) in [6.45, 7) is 7.70. The minimum absolute atomic E-state index is 0.0312. The maximum absolute atomic E-state index is 12.2. The molecule has 3 nitrogen and oxygen atoms in total. The van der Waals surface area contributed by atoms with Gasteiger partial charge in [-0.15, -0.1) is 0 Å². The molecule has 0 saturated heterocycles. The van der Waals surface area contributed by atoms with Crippen molar-refractivity contribution in [2.75, 3.05) is 0 Å². The molecule has 102 valence electrons. The summed E-state index contributed by atoms with van der Waals surface area (Å²) in [7, 11) is 0. The lowest BCUT2D eigenvalue weighted by Gasteiger charge is -2.54. The average Bonchev–Trinajstić information content (AvgIpc) is 2.23. The summed E-state index contributed by atoms with van der Waals surface area (Å²) in [5, 5.41) is 20.6. The SMILES string of the molecule is CC(C)=C1C[C@H]2[C@@](C)(CC[C@H](O)[C@]2(C)O)CC1=O. The molecular weight excluding hydrogens is 228 g/mol. The lowest BCUT2D eigenvalue weighted by Crippen LogP contribution is -2.58. The smallest absolute Gasteiger partial charge is 0.159 e. The standard InChI is InChI=1S/C15H24O3/c1-9(2)10-7-12-14(3,8-11(10)16)6-5-13(17)15(12,4)18/h12-13,17-18H,5-8H2,1-4H3/t12-,13-,14-,15+/m0/s1. The van der Waals surface area contributed by atoms with Gasteiger partial charge in [0.1, 0.15) is 0 Å². The highest BCUT2D eigenvalue weighted by Gasteiger charge is 2.55. The summed E-state index contributed by atoms with van der Waals surface area (Å²) in [5.41, 5.74) is 0.637. The highest BCUT2D eigenvalue weighted by Crippen LogP contribution is 2.54. The Kier molecular flexibility index (Phi) is 3.19. The Hall–Kier alpha value is -0.670. The fraction of sp³-hybridized carbons (Fsp3) is 0.800. The van der Waals surface area contributed by atoms with Gasteiger partial charge in [-0.3, -0.25) is 4.79 Å². The van der Waals surface area contributed by atoms with E-state index >= 15 is 0 Å². The van der Waals surface area contributed by atoms with Gasteiger partial charge in [-0.1, -0.05) is 12.5 Å². The summed E-state index contributed by atoms with van der Waals surface area (Å²) in [5.74, 6) is 0.192. The molecule has 2 saturated carbocycles. The molecule has 18 heavy (non-hydrogen) atoms. The largest absolute Gasteiger partial charge is 0.390 e. The van der Waals surface area contributed by atoms with Gasteiger partial charge in [-0.2, -0.15) is 0 Å². The summed E-state index contributed by atoms with van der Waals surface area (Å²) in [6, 6.07) is 0. The van der Waals surface area contributed by atoms with Gasteiger partial charge in [-0.25, -0.2) is 0 Å². The number of aliphatic hydroxyl groups excluding tert-OH is 1. The zero-order valence-corrected chi connectivity index (χ0v) is 11.8.